The van der Waals surface area contributed by atoms with Gasteiger partial charge >= 0.3 is 0 Å². The summed E-state index contributed by atoms with van der Waals surface area (Å²) in [6.07, 6.45) is 0. The monoisotopic (exact) mass is 243 g/mol. The Hall–Kier alpha value is -1.24. The van der Waals surface area contributed by atoms with E-state index in [0.717, 1.165) is 0 Å². The fourth-order valence-corrected chi connectivity index (χ4v) is 3.06. The molecule has 0 aliphatic carbocycles. The maximum atomic E-state index is 2.52. The Labute approximate surface area is 111 Å². The van der Waals surface area contributed by atoms with E-state index >= 15 is 0 Å². The normalized spacial score (nSPS) is 12.3. The lowest BCUT2D eigenvalue weighted by Crippen LogP contribution is -2.08. The molecule has 18 heavy (non-hydrogen) atoms. The topological polar surface area (TPSA) is 4.93 Å². The van der Waals surface area contributed by atoms with E-state index < -0.39 is 0 Å². The standard InChI is InChI=1S/C17H25N/c1-11(2)16-14-9-7-8-10-15(14)18(13(5)6)17(16)12(3)4/h7-13H,1-6H3. The van der Waals surface area contributed by atoms with Crippen LogP contribution in [0.4, 0.5) is 0 Å². The molecule has 1 heteroatoms. The second-order valence-electron chi connectivity index (χ2n) is 6.09. The van der Waals surface area contributed by atoms with Gasteiger partial charge in [-0.1, -0.05) is 45.9 Å². The summed E-state index contributed by atoms with van der Waals surface area (Å²) in [6.45, 7) is 13.8. The Morgan fingerprint density at radius 1 is 0.833 bits per heavy atom. The number of nitrogens with zero attached hydrogens (tertiary/aromatic N) is 1. The number of aromatic nitrogens is 1. The van der Waals surface area contributed by atoms with Gasteiger partial charge in [-0.05, 0) is 37.3 Å². The molecule has 0 spiro atoms. The van der Waals surface area contributed by atoms with Crippen LogP contribution in [0, 0.1) is 0 Å². The number of para-hydroxylation sites is 1. The van der Waals surface area contributed by atoms with Crippen LogP contribution in [0.25, 0.3) is 10.9 Å². The minimum Gasteiger partial charge on any atom is -0.342 e. The lowest BCUT2D eigenvalue weighted by Gasteiger charge is -2.19. The molecule has 0 bridgehead atoms. The fourth-order valence-electron chi connectivity index (χ4n) is 3.06. The minimum atomic E-state index is 0.514. The predicted octanol–water partition coefficient (Wildman–Crippen LogP) is 5.47. The van der Waals surface area contributed by atoms with Crippen LogP contribution >= 0.6 is 0 Å². The Morgan fingerprint density at radius 2 is 1.44 bits per heavy atom. The summed E-state index contributed by atoms with van der Waals surface area (Å²) < 4.78 is 2.52. The third-order valence-electron chi connectivity index (χ3n) is 3.63. The summed E-state index contributed by atoms with van der Waals surface area (Å²) in [6, 6.07) is 9.35. The van der Waals surface area contributed by atoms with E-state index in [1.165, 1.54) is 22.2 Å². The fraction of sp³-hybridized carbons (Fsp3) is 0.529. The van der Waals surface area contributed by atoms with E-state index in [-0.39, 0.29) is 0 Å². The van der Waals surface area contributed by atoms with Crippen molar-refractivity contribution in [2.24, 2.45) is 0 Å². The molecule has 1 aromatic heterocycles. The Bertz CT molecular complexity index is 499. The van der Waals surface area contributed by atoms with Crippen LogP contribution in [-0.4, -0.2) is 4.57 Å². The molecule has 1 aromatic carbocycles. The molecule has 0 saturated heterocycles. The molecule has 0 radical (unpaired) electrons. The lowest BCUT2D eigenvalue weighted by molar-refractivity contribution is 0.569. The molecule has 2 aromatic rings. The van der Waals surface area contributed by atoms with Gasteiger partial charge in [0.15, 0.2) is 0 Å². The second kappa shape index (κ2) is 4.79. The molecule has 1 nitrogen and oxygen atoms in total. The SMILES string of the molecule is CC(C)c1c(C(C)C)n(C(C)C)c2ccccc12. The number of rotatable bonds is 3. The van der Waals surface area contributed by atoms with Crippen molar-refractivity contribution in [2.75, 3.05) is 0 Å². The maximum absolute atomic E-state index is 2.52. The molecule has 0 N–H and O–H groups in total. The lowest BCUT2D eigenvalue weighted by atomic mass is 9.94. The van der Waals surface area contributed by atoms with Gasteiger partial charge in [-0.2, -0.15) is 0 Å². The summed E-state index contributed by atoms with van der Waals surface area (Å²) in [5.74, 6) is 1.14. The molecule has 0 atom stereocenters. The first kappa shape index (κ1) is 13.2. The largest absolute Gasteiger partial charge is 0.342 e. The van der Waals surface area contributed by atoms with Gasteiger partial charge in [0.05, 0.1) is 0 Å². The van der Waals surface area contributed by atoms with Gasteiger partial charge in [0, 0.05) is 22.6 Å². The van der Waals surface area contributed by atoms with Gasteiger partial charge in [-0.3, -0.25) is 0 Å². The molecule has 0 amide bonds. The smallest absolute Gasteiger partial charge is 0.0488 e. The molecule has 0 aliphatic heterocycles. The van der Waals surface area contributed by atoms with Crippen LogP contribution in [0.15, 0.2) is 24.3 Å². The zero-order chi connectivity index (χ0) is 13.4. The maximum Gasteiger partial charge on any atom is 0.0488 e. The third-order valence-corrected chi connectivity index (χ3v) is 3.63. The number of hydrogen-bond donors (Lipinski definition) is 0. The van der Waals surface area contributed by atoms with E-state index in [1.54, 1.807) is 0 Å². The van der Waals surface area contributed by atoms with E-state index in [9.17, 15) is 0 Å². The van der Waals surface area contributed by atoms with Crippen LogP contribution in [0.2, 0.25) is 0 Å². The van der Waals surface area contributed by atoms with Crippen molar-refractivity contribution in [1.82, 2.24) is 4.57 Å². The molecule has 0 fully saturated rings. The van der Waals surface area contributed by atoms with Crippen molar-refractivity contribution >= 4 is 10.9 Å². The van der Waals surface area contributed by atoms with Crippen molar-refractivity contribution in [2.45, 2.75) is 59.4 Å². The summed E-state index contributed by atoms with van der Waals surface area (Å²) >= 11 is 0. The van der Waals surface area contributed by atoms with Crippen LogP contribution in [-0.2, 0) is 0 Å². The first-order valence-corrected chi connectivity index (χ1v) is 7.07. The summed E-state index contributed by atoms with van der Waals surface area (Å²) in [7, 11) is 0. The zero-order valence-electron chi connectivity index (χ0n) is 12.5. The van der Waals surface area contributed by atoms with Crippen molar-refractivity contribution in [3.8, 4) is 0 Å². The van der Waals surface area contributed by atoms with Gasteiger partial charge in [0.2, 0.25) is 0 Å². The van der Waals surface area contributed by atoms with Crippen molar-refractivity contribution in [3.63, 3.8) is 0 Å². The van der Waals surface area contributed by atoms with Crippen LogP contribution in [0.1, 0.15) is 70.7 Å². The molecule has 2 rings (SSSR count). The highest BCUT2D eigenvalue weighted by molar-refractivity contribution is 5.86. The van der Waals surface area contributed by atoms with Gasteiger partial charge in [-0.15, -0.1) is 0 Å². The average Bonchev–Trinajstić information content (AvgIpc) is 2.63. The summed E-state index contributed by atoms with van der Waals surface area (Å²) in [4.78, 5) is 0. The highest BCUT2D eigenvalue weighted by atomic mass is 15.0. The highest BCUT2D eigenvalue weighted by Gasteiger charge is 2.22. The van der Waals surface area contributed by atoms with E-state index in [1.807, 2.05) is 0 Å². The van der Waals surface area contributed by atoms with Crippen LogP contribution in [0.5, 0.6) is 0 Å². The van der Waals surface area contributed by atoms with E-state index in [4.69, 9.17) is 0 Å². The molecule has 1 heterocycles. The predicted molar refractivity (Wildman–Crippen MR) is 80.5 cm³/mol. The van der Waals surface area contributed by atoms with Crippen molar-refractivity contribution in [3.05, 3.63) is 35.5 Å². The molecule has 0 saturated carbocycles. The number of fused-ring (bicyclic) bond motifs is 1. The summed E-state index contributed by atoms with van der Waals surface area (Å²) in [5.41, 5.74) is 4.44. The summed E-state index contributed by atoms with van der Waals surface area (Å²) in [5, 5.41) is 1.44. The van der Waals surface area contributed by atoms with Crippen molar-refractivity contribution < 1.29 is 0 Å². The quantitative estimate of drug-likeness (QED) is 0.673. The zero-order valence-corrected chi connectivity index (χ0v) is 12.5. The van der Waals surface area contributed by atoms with Gasteiger partial charge in [0.25, 0.3) is 0 Å². The average molecular weight is 243 g/mol. The van der Waals surface area contributed by atoms with E-state index in [2.05, 4.69) is 70.4 Å². The van der Waals surface area contributed by atoms with Crippen LogP contribution in [0.3, 0.4) is 0 Å². The van der Waals surface area contributed by atoms with Gasteiger partial charge in [-0.25, -0.2) is 0 Å². The van der Waals surface area contributed by atoms with Gasteiger partial charge < -0.3 is 4.57 Å². The molecular weight excluding hydrogens is 218 g/mol. The van der Waals surface area contributed by atoms with Crippen molar-refractivity contribution in [1.29, 1.82) is 0 Å². The Balaban J connectivity index is 2.91. The number of benzene rings is 1. The molecule has 98 valence electrons. The minimum absolute atomic E-state index is 0.514. The van der Waals surface area contributed by atoms with Crippen LogP contribution < -0.4 is 0 Å². The van der Waals surface area contributed by atoms with Gasteiger partial charge in [0.1, 0.15) is 0 Å². The first-order chi connectivity index (χ1) is 8.45. The molecule has 0 unspecified atom stereocenters. The first-order valence-electron chi connectivity index (χ1n) is 7.07. The molecular formula is C17H25N. The van der Waals surface area contributed by atoms with E-state index in [0.29, 0.717) is 17.9 Å². The molecule has 0 aliphatic rings. The highest BCUT2D eigenvalue weighted by Crippen LogP contribution is 2.37. The Morgan fingerprint density at radius 3 is 1.94 bits per heavy atom. The second-order valence-corrected chi connectivity index (χ2v) is 6.09. The third kappa shape index (κ3) is 1.96. The number of hydrogen-bond acceptors (Lipinski definition) is 0. The Kier molecular flexibility index (Phi) is 3.52.